The molecule has 0 radical (unpaired) electrons. The number of benzene rings is 1. The molecular weight excluding hydrogens is 404 g/mol. The third kappa shape index (κ3) is 6.97. The summed E-state index contributed by atoms with van der Waals surface area (Å²) in [5.41, 5.74) is 0.342. The van der Waals surface area contributed by atoms with Crippen LogP contribution in [0.3, 0.4) is 0 Å². The minimum Gasteiger partial charge on any atom is -0.463 e. The van der Waals surface area contributed by atoms with Gasteiger partial charge >= 0.3 is 11.9 Å². The van der Waals surface area contributed by atoms with E-state index >= 15 is 0 Å². The lowest BCUT2D eigenvalue weighted by Crippen LogP contribution is -2.40. The van der Waals surface area contributed by atoms with Gasteiger partial charge < -0.3 is 19.5 Å². The molecule has 10 nitrogen and oxygen atoms in total. The van der Waals surface area contributed by atoms with Gasteiger partial charge in [-0.2, -0.15) is 4.31 Å². The zero-order valence-electron chi connectivity index (χ0n) is 15.8. The molecule has 1 amide bonds. The predicted octanol–water partition coefficient (Wildman–Crippen LogP) is 0.309. The zero-order valence-corrected chi connectivity index (χ0v) is 16.6. The molecule has 0 saturated carbocycles. The van der Waals surface area contributed by atoms with Gasteiger partial charge in [-0.15, -0.1) is 0 Å². The van der Waals surface area contributed by atoms with Crippen molar-refractivity contribution >= 4 is 33.6 Å². The van der Waals surface area contributed by atoms with Crippen molar-refractivity contribution in [3.8, 4) is 0 Å². The normalized spacial score (nSPS) is 15.1. The molecule has 0 aromatic heterocycles. The second kappa shape index (κ2) is 10.7. The van der Waals surface area contributed by atoms with Crippen LogP contribution in [0.4, 0.5) is 5.69 Å². The van der Waals surface area contributed by atoms with Gasteiger partial charge in [0.2, 0.25) is 10.0 Å². The van der Waals surface area contributed by atoms with Crippen LogP contribution in [0.1, 0.15) is 6.92 Å². The lowest BCUT2D eigenvalue weighted by atomic mass is 10.3. The van der Waals surface area contributed by atoms with E-state index in [0.717, 1.165) is 12.2 Å². The molecule has 0 bridgehead atoms. The number of carbonyl (C=O) groups is 3. The molecule has 1 aliphatic rings. The third-order valence-corrected chi connectivity index (χ3v) is 5.65. The van der Waals surface area contributed by atoms with E-state index in [0.29, 0.717) is 18.9 Å². The molecule has 29 heavy (non-hydrogen) atoms. The molecule has 1 fully saturated rings. The summed E-state index contributed by atoms with van der Waals surface area (Å²) in [7, 11) is -3.62. The number of carbonyl (C=O) groups excluding carboxylic acids is 3. The van der Waals surface area contributed by atoms with Gasteiger partial charge in [0.1, 0.15) is 0 Å². The average molecular weight is 426 g/mol. The van der Waals surface area contributed by atoms with Crippen LogP contribution in [0, 0.1) is 0 Å². The van der Waals surface area contributed by atoms with Crippen molar-refractivity contribution in [1.82, 2.24) is 4.31 Å². The fraction of sp³-hybridized carbons (Fsp3) is 0.389. The minimum absolute atomic E-state index is 0.105. The summed E-state index contributed by atoms with van der Waals surface area (Å²) in [5.74, 6) is -2.19. The van der Waals surface area contributed by atoms with E-state index in [1.54, 1.807) is 6.92 Å². The fourth-order valence-corrected chi connectivity index (χ4v) is 3.76. The first-order chi connectivity index (χ1) is 13.8. The highest BCUT2D eigenvalue weighted by molar-refractivity contribution is 7.89. The standard InChI is InChI=1S/C18H22N2O8S/c1-2-27-17(22)7-8-18(23)28-13-16(21)19-14-3-5-15(6-4-14)29(24,25)20-9-11-26-12-10-20/h3-8H,2,9-13H2,1H3,(H,19,21). The first-order valence-corrected chi connectivity index (χ1v) is 10.3. The maximum atomic E-state index is 12.5. The molecule has 1 saturated heterocycles. The smallest absolute Gasteiger partial charge is 0.331 e. The topological polar surface area (TPSA) is 128 Å². The maximum Gasteiger partial charge on any atom is 0.331 e. The first-order valence-electron chi connectivity index (χ1n) is 8.82. The Morgan fingerprint density at radius 1 is 1.07 bits per heavy atom. The van der Waals surface area contributed by atoms with Crippen LogP contribution in [0.15, 0.2) is 41.3 Å². The zero-order chi connectivity index (χ0) is 21.3. The summed E-state index contributed by atoms with van der Waals surface area (Å²) in [4.78, 5) is 34.5. The van der Waals surface area contributed by atoms with Gasteiger partial charge in [-0.05, 0) is 31.2 Å². The molecule has 0 aliphatic carbocycles. The molecule has 0 unspecified atom stereocenters. The van der Waals surface area contributed by atoms with Crippen molar-refractivity contribution < 1.29 is 37.0 Å². The SMILES string of the molecule is CCOC(=O)C=CC(=O)OCC(=O)Nc1ccc(S(=O)(=O)N2CCOCC2)cc1. The van der Waals surface area contributed by atoms with E-state index in [1.807, 2.05) is 0 Å². The highest BCUT2D eigenvalue weighted by atomic mass is 32.2. The molecule has 158 valence electrons. The van der Waals surface area contributed by atoms with Crippen LogP contribution in [-0.4, -0.2) is 70.1 Å². The molecule has 0 spiro atoms. The van der Waals surface area contributed by atoms with Gasteiger partial charge in [-0.3, -0.25) is 4.79 Å². The molecule has 1 aliphatic heterocycles. The molecule has 2 rings (SSSR count). The highest BCUT2D eigenvalue weighted by Crippen LogP contribution is 2.19. The first kappa shape index (κ1) is 22.5. The number of rotatable bonds is 8. The number of esters is 2. The van der Waals surface area contributed by atoms with Crippen molar-refractivity contribution in [2.45, 2.75) is 11.8 Å². The summed E-state index contributed by atoms with van der Waals surface area (Å²) in [6, 6.07) is 5.64. The molecular formula is C18H22N2O8S. The minimum atomic E-state index is -3.62. The summed E-state index contributed by atoms with van der Waals surface area (Å²) in [6.07, 6.45) is 1.76. The Labute approximate surface area is 168 Å². The largest absolute Gasteiger partial charge is 0.463 e. The van der Waals surface area contributed by atoms with Gasteiger partial charge in [-0.25, -0.2) is 18.0 Å². The number of anilines is 1. The van der Waals surface area contributed by atoms with E-state index in [9.17, 15) is 22.8 Å². The molecule has 1 N–H and O–H groups in total. The van der Waals surface area contributed by atoms with Crippen LogP contribution in [-0.2, 0) is 38.6 Å². The Balaban J connectivity index is 1.85. The Kier molecular flexibility index (Phi) is 8.31. The Bertz CT molecular complexity index is 858. The predicted molar refractivity (Wildman–Crippen MR) is 101 cm³/mol. The summed E-state index contributed by atoms with van der Waals surface area (Å²) >= 11 is 0. The Morgan fingerprint density at radius 3 is 2.24 bits per heavy atom. The van der Waals surface area contributed by atoms with Gasteiger partial charge in [0.05, 0.1) is 24.7 Å². The number of hydrogen-bond donors (Lipinski definition) is 1. The number of sulfonamides is 1. The van der Waals surface area contributed by atoms with Crippen LogP contribution in [0.5, 0.6) is 0 Å². The van der Waals surface area contributed by atoms with Gasteiger partial charge in [0.15, 0.2) is 6.61 Å². The second-order valence-corrected chi connectivity index (χ2v) is 7.72. The fourth-order valence-electron chi connectivity index (χ4n) is 2.35. The van der Waals surface area contributed by atoms with Gasteiger partial charge in [-0.1, -0.05) is 0 Å². The molecule has 1 heterocycles. The van der Waals surface area contributed by atoms with Crippen molar-refractivity contribution in [3.63, 3.8) is 0 Å². The van der Waals surface area contributed by atoms with Crippen molar-refractivity contribution in [1.29, 1.82) is 0 Å². The average Bonchev–Trinajstić information content (AvgIpc) is 2.72. The summed E-state index contributed by atoms with van der Waals surface area (Å²) in [5, 5.41) is 2.48. The van der Waals surface area contributed by atoms with Crippen LogP contribution in [0.25, 0.3) is 0 Å². The summed E-state index contributed by atoms with van der Waals surface area (Å²) in [6.45, 7) is 2.50. The van der Waals surface area contributed by atoms with Crippen LogP contribution < -0.4 is 5.32 Å². The number of morpholine rings is 1. The number of amides is 1. The second-order valence-electron chi connectivity index (χ2n) is 5.78. The van der Waals surface area contributed by atoms with E-state index in [-0.39, 0.29) is 24.6 Å². The van der Waals surface area contributed by atoms with Gasteiger partial charge in [0.25, 0.3) is 5.91 Å². The van der Waals surface area contributed by atoms with E-state index in [1.165, 1.54) is 28.6 Å². The van der Waals surface area contributed by atoms with E-state index in [2.05, 4.69) is 10.1 Å². The van der Waals surface area contributed by atoms with E-state index < -0.39 is 34.5 Å². The quantitative estimate of drug-likeness (QED) is 0.465. The third-order valence-electron chi connectivity index (χ3n) is 3.73. The van der Waals surface area contributed by atoms with E-state index in [4.69, 9.17) is 9.47 Å². The van der Waals surface area contributed by atoms with Gasteiger partial charge in [0, 0.05) is 30.9 Å². The monoisotopic (exact) mass is 426 g/mol. The molecule has 0 atom stereocenters. The lowest BCUT2D eigenvalue weighted by Gasteiger charge is -2.26. The number of nitrogens with one attached hydrogen (secondary N) is 1. The number of hydrogen-bond acceptors (Lipinski definition) is 8. The van der Waals surface area contributed by atoms with Crippen molar-refractivity contribution in [2.24, 2.45) is 0 Å². The Morgan fingerprint density at radius 2 is 1.66 bits per heavy atom. The lowest BCUT2D eigenvalue weighted by molar-refractivity contribution is -0.143. The van der Waals surface area contributed by atoms with Crippen LogP contribution >= 0.6 is 0 Å². The number of ether oxygens (including phenoxy) is 3. The summed E-state index contributed by atoms with van der Waals surface area (Å²) < 4.78 is 40.9. The number of nitrogens with zero attached hydrogens (tertiary/aromatic N) is 1. The molecule has 1 aromatic rings. The molecule has 11 heteroatoms. The Hall–Kier alpha value is -2.76. The molecule has 1 aromatic carbocycles. The van der Waals surface area contributed by atoms with Crippen LogP contribution in [0.2, 0.25) is 0 Å². The van der Waals surface area contributed by atoms with Crippen molar-refractivity contribution in [3.05, 3.63) is 36.4 Å². The van der Waals surface area contributed by atoms with Crippen molar-refractivity contribution in [2.75, 3.05) is 44.8 Å². The maximum absolute atomic E-state index is 12.5. The highest BCUT2D eigenvalue weighted by Gasteiger charge is 2.26.